The van der Waals surface area contributed by atoms with Crippen molar-refractivity contribution in [1.29, 1.82) is 0 Å². The number of hydrogen-bond acceptors (Lipinski definition) is 2. The zero-order valence-corrected chi connectivity index (χ0v) is 12.4. The molecule has 0 spiro atoms. The summed E-state index contributed by atoms with van der Waals surface area (Å²) >= 11 is 0. The first-order valence-corrected chi connectivity index (χ1v) is 8.13. The second kappa shape index (κ2) is 6.74. The predicted molar refractivity (Wildman–Crippen MR) is 78.8 cm³/mol. The SMILES string of the molecule is CC1CCC(CNC(=O)CC2(N)CCCCC2)CC1. The number of amides is 1. The molecule has 0 radical (unpaired) electrons. The molecule has 110 valence electrons. The van der Waals surface area contributed by atoms with Gasteiger partial charge in [0.2, 0.25) is 5.91 Å². The normalized spacial score (nSPS) is 30.8. The maximum Gasteiger partial charge on any atom is 0.221 e. The summed E-state index contributed by atoms with van der Waals surface area (Å²) in [5.41, 5.74) is 6.11. The van der Waals surface area contributed by atoms with E-state index in [1.54, 1.807) is 0 Å². The summed E-state index contributed by atoms with van der Waals surface area (Å²) in [6.07, 6.45) is 11.4. The largest absolute Gasteiger partial charge is 0.356 e. The molecule has 2 aliphatic rings. The van der Waals surface area contributed by atoms with Crippen molar-refractivity contribution in [3.63, 3.8) is 0 Å². The summed E-state index contributed by atoms with van der Waals surface area (Å²) < 4.78 is 0. The van der Waals surface area contributed by atoms with E-state index in [0.29, 0.717) is 12.3 Å². The summed E-state index contributed by atoms with van der Waals surface area (Å²) in [6, 6.07) is 0. The summed E-state index contributed by atoms with van der Waals surface area (Å²) in [5, 5.41) is 3.12. The Bertz CT molecular complexity index is 289. The highest BCUT2D eigenvalue weighted by atomic mass is 16.1. The van der Waals surface area contributed by atoms with Crippen molar-refractivity contribution in [1.82, 2.24) is 5.32 Å². The molecule has 1 amide bonds. The number of hydrogen-bond donors (Lipinski definition) is 2. The highest BCUT2D eigenvalue weighted by molar-refractivity contribution is 5.77. The molecule has 0 saturated heterocycles. The zero-order valence-electron chi connectivity index (χ0n) is 12.4. The molecule has 0 unspecified atom stereocenters. The van der Waals surface area contributed by atoms with Crippen LogP contribution in [0, 0.1) is 11.8 Å². The van der Waals surface area contributed by atoms with Crippen molar-refractivity contribution in [2.24, 2.45) is 17.6 Å². The van der Waals surface area contributed by atoms with E-state index in [9.17, 15) is 4.79 Å². The van der Waals surface area contributed by atoms with Crippen LogP contribution >= 0.6 is 0 Å². The van der Waals surface area contributed by atoms with E-state index < -0.39 is 0 Å². The maximum atomic E-state index is 12.0. The van der Waals surface area contributed by atoms with Crippen LogP contribution in [0.2, 0.25) is 0 Å². The van der Waals surface area contributed by atoms with Crippen LogP contribution in [0.15, 0.2) is 0 Å². The molecular formula is C16H30N2O. The molecule has 0 aromatic heterocycles. The summed E-state index contributed by atoms with van der Waals surface area (Å²) in [7, 11) is 0. The molecule has 0 atom stereocenters. The molecule has 0 heterocycles. The van der Waals surface area contributed by atoms with Crippen molar-refractivity contribution >= 4 is 5.91 Å². The molecule has 19 heavy (non-hydrogen) atoms. The molecule has 0 aromatic rings. The molecule has 2 saturated carbocycles. The Hall–Kier alpha value is -0.570. The topological polar surface area (TPSA) is 55.1 Å². The molecule has 0 bridgehead atoms. The number of rotatable bonds is 4. The summed E-state index contributed by atoms with van der Waals surface area (Å²) in [4.78, 5) is 12.0. The molecule has 3 N–H and O–H groups in total. The molecule has 2 aliphatic carbocycles. The van der Waals surface area contributed by atoms with Crippen molar-refractivity contribution < 1.29 is 4.79 Å². The lowest BCUT2D eigenvalue weighted by Crippen LogP contribution is -2.46. The first-order chi connectivity index (χ1) is 9.07. The molecule has 2 fully saturated rings. The van der Waals surface area contributed by atoms with Gasteiger partial charge in [0.25, 0.3) is 0 Å². The van der Waals surface area contributed by atoms with E-state index in [1.807, 2.05) is 0 Å². The van der Waals surface area contributed by atoms with Crippen LogP contribution < -0.4 is 11.1 Å². The first-order valence-electron chi connectivity index (χ1n) is 8.13. The fraction of sp³-hybridized carbons (Fsp3) is 0.938. The van der Waals surface area contributed by atoms with E-state index in [-0.39, 0.29) is 11.4 Å². The molecule has 0 aliphatic heterocycles. The summed E-state index contributed by atoms with van der Waals surface area (Å²) in [6.45, 7) is 3.19. The predicted octanol–water partition coefficient (Wildman–Crippen LogP) is 2.98. The van der Waals surface area contributed by atoms with Gasteiger partial charge < -0.3 is 11.1 Å². The van der Waals surface area contributed by atoms with Gasteiger partial charge in [-0.2, -0.15) is 0 Å². The van der Waals surface area contributed by atoms with Crippen LogP contribution in [0.25, 0.3) is 0 Å². The Morgan fingerprint density at radius 2 is 1.79 bits per heavy atom. The van der Waals surface area contributed by atoms with Crippen LogP contribution in [0.3, 0.4) is 0 Å². The van der Waals surface area contributed by atoms with Crippen LogP contribution in [0.5, 0.6) is 0 Å². The van der Waals surface area contributed by atoms with Crippen molar-refractivity contribution in [2.45, 2.75) is 76.7 Å². The van der Waals surface area contributed by atoms with Gasteiger partial charge >= 0.3 is 0 Å². The van der Waals surface area contributed by atoms with E-state index in [2.05, 4.69) is 12.2 Å². The minimum Gasteiger partial charge on any atom is -0.356 e. The monoisotopic (exact) mass is 266 g/mol. The second-order valence-electron chi connectivity index (χ2n) is 7.03. The third-order valence-corrected chi connectivity index (χ3v) is 5.09. The molecule has 2 rings (SSSR count). The Labute approximate surface area is 117 Å². The fourth-order valence-corrected chi connectivity index (χ4v) is 3.61. The van der Waals surface area contributed by atoms with Gasteiger partial charge in [0.1, 0.15) is 0 Å². The highest BCUT2D eigenvalue weighted by Gasteiger charge is 2.30. The lowest BCUT2D eigenvalue weighted by atomic mass is 9.80. The second-order valence-corrected chi connectivity index (χ2v) is 7.03. The van der Waals surface area contributed by atoms with E-state index in [4.69, 9.17) is 5.73 Å². The molecular weight excluding hydrogens is 236 g/mol. The van der Waals surface area contributed by atoms with Crippen molar-refractivity contribution in [3.05, 3.63) is 0 Å². The third-order valence-electron chi connectivity index (χ3n) is 5.09. The van der Waals surface area contributed by atoms with Crippen LogP contribution in [0.4, 0.5) is 0 Å². The standard InChI is InChI=1S/C16H30N2O/c1-13-5-7-14(8-6-13)12-18-15(19)11-16(17)9-3-2-4-10-16/h13-14H,2-12,17H2,1H3,(H,18,19). The van der Waals surface area contributed by atoms with E-state index >= 15 is 0 Å². The number of nitrogens with two attached hydrogens (primary N) is 1. The quantitative estimate of drug-likeness (QED) is 0.822. The van der Waals surface area contributed by atoms with Crippen LogP contribution in [-0.2, 0) is 4.79 Å². The van der Waals surface area contributed by atoms with Crippen LogP contribution in [0.1, 0.15) is 71.1 Å². The van der Waals surface area contributed by atoms with E-state index in [1.165, 1.54) is 44.9 Å². The Balaban J connectivity index is 1.66. The Kier molecular flexibility index (Phi) is 5.26. The lowest BCUT2D eigenvalue weighted by Gasteiger charge is -2.33. The van der Waals surface area contributed by atoms with Crippen LogP contribution in [-0.4, -0.2) is 18.0 Å². The maximum absolute atomic E-state index is 12.0. The van der Waals surface area contributed by atoms with Gasteiger partial charge in [-0.15, -0.1) is 0 Å². The summed E-state index contributed by atoms with van der Waals surface area (Å²) in [5.74, 6) is 1.74. The minimum absolute atomic E-state index is 0.169. The highest BCUT2D eigenvalue weighted by Crippen LogP contribution is 2.29. The number of carbonyl (C=O) groups is 1. The average molecular weight is 266 g/mol. The number of carbonyl (C=O) groups excluding carboxylic acids is 1. The van der Waals surface area contributed by atoms with Gasteiger partial charge in [0.05, 0.1) is 0 Å². The Morgan fingerprint density at radius 1 is 1.16 bits per heavy atom. The minimum atomic E-state index is -0.219. The lowest BCUT2D eigenvalue weighted by molar-refractivity contribution is -0.122. The molecule has 3 heteroatoms. The average Bonchev–Trinajstić information content (AvgIpc) is 2.38. The van der Waals surface area contributed by atoms with Crippen molar-refractivity contribution in [3.8, 4) is 0 Å². The van der Waals surface area contributed by atoms with Gasteiger partial charge in [0, 0.05) is 18.5 Å². The van der Waals surface area contributed by atoms with Crippen molar-refractivity contribution in [2.75, 3.05) is 6.54 Å². The van der Waals surface area contributed by atoms with Gasteiger partial charge in [-0.05, 0) is 37.5 Å². The van der Waals surface area contributed by atoms with Gasteiger partial charge in [-0.25, -0.2) is 0 Å². The molecule has 0 aromatic carbocycles. The Morgan fingerprint density at radius 3 is 2.42 bits per heavy atom. The third kappa shape index (κ3) is 4.79. The fourth-order valence-electron chi connectivity index (χ4n) is 3.61. The van der Waals surface area contributed by atoms with E-state index in [0.717, 1.165) is 25.3 Å². The van der Waals surface area contributed by atoms with Gasteiger partial charge in [-0.1, -0.05) is 39.0 Å². The molecule has 3 nitrogen and oxygen atoms in total. The zero-order chi connectivity index (χ0) is 13.7. The van der Waals surface area contributed by atoms with Gasteiger partial charge in [0.15, 0.2) is 0 Å². The number of nitrogens with one attached hydrogen (secondary N) is 1. The van der Waals surface area contributed by atoms with Gasteiger partial charge in [-0.3, -0.25) is 4.79 Å². The smallest absolute Gasteiger partial charge is 0.221 e. The first kappa shape index (κ1) is 14.8.